The zero-order valence-electron chi connectivity index (χ0n) is 11.4. The molecule has 0 saturated carbocycles. The summed E-state index contributed by atoms with van der Waals surface area (Å²) in [5, 5.41) is 0.803. The molecule has 1 heterocycles. The minimum Gasteiger partial charge on any atom is -0.437 e. The number of pyridine rings is 1. The highest BCUT2D eigenvalue weighted by molar-refractivity contribution is 6.42. The summed E-state index contributed by atoms with van der Waals surface area (Å²) in [4.78, 5) is 4.08. The van der Waals surface area contributed by atoms with E-state index in [1.54, 1.807) is 0 Å². The second-order valence-electron chi connectivity index (χ2n) is 4.85. The van der Waals surface area contributed by atoms with Gasteiger partial charge in [-0.3, -0.25) is 0 Å². The topological polar surface area (TPSA) is 22.1 Å². The Labute approximate surface area is 133 Å². The molecule has 2 rings (SSSR count). The summed E-state index contributed by atoms with van der Waals surface area (Å²) in [5.74, 6) is 1.31. The van der Waals surface area contributed by atoms with Crippen LogP contribution in [0.1, 0.15) is 30.9 Å². The van der Waals surface area contributed by atoms with Crippen molar-refractivity contribution in [3.8, 4) is 11.6 Å². The van der Waals surface area contributed by atoms with E-state index in [1.807, 2.05) is 25.1 Å². The smallest absolute Gasteiger partial charge is 0.239 e. The Balaban J connectivity index is 2.44. The number of hydrogen-bond donors (Lipinski definition) is 0. The molecule has 2 nitrogen and oxygen atoms in total. The van der Waals surface area contributed by atoms with Gasteiger partial charge in [-0.25, -0.2) is 0 Å². The van der Waals surface area contributed by atoms with Gasteiger partial charge < -0.3 is 4.74 Å². The first-order valence-corrected chi connectivity index (χ1v) is 7.32. The molecule has 1 aromatic carbocycles. The molecule has 1 aromatic heterocycles. The Bertz CT molecular complexity index is 641. The highest BCUT2D eigenvalue weighted by Gasteiger charge is 2.14. The minimum absolute atomic E-state index is 0.171. The lowest BCUT2D eigenvalue weighted by molar-refractivity contribution is 0.454. The number of ether oxygens (including phenoxy) is 1. The summed E-state index contributed by atoms with van der Waals surface area (Å²) in [6.07, 6.45) is 0. The van der Waals surface area contributed by atoms with Crippen LogP contribution in [0.15, 0.2) is 24.3 Å². The SMILES string of the molecule is Cc1ccc(C(C)C)c(Oc2nc(Cl)c(Cl)cc2Cl)c1. The van der Waals surface area contributed by atoms with E-state index < -0.39 is 0 Å². The van der Waals surface area contributed by atoms with Crippen molar-refractivity contribution in [1.82, 2.24) is 4.98 Å². The number of benzene rings is 1. The molecule has 0 amide bonds. The van der Waals surface area contributed by atoms with Gasteiger partial charge >= 0.3 is 0 Å². The van der Waals surface area contributed by atoms with Crippen molar-refractivity contribution in [3.63, 3.8) is 0 Å². The summed E-state index contributed by atoms with van der Waals surface area (Å²) in [5.41, 5.74) is 2.18. The van der Waals surface area contributed by atoms with Crippen molar-refractivity contribution >= 4 is 34.8 Å². The second-order valence-corrected chi connectivity index (χ2v) is 6.02. The lowest BCUT2D eigenvalue weighted by atomic mass is 10.0. The fourth-order valence-electron chi connectivity index (χ4n) is 1.81. The van der Waals surface area contributed by atoms with E-state index in [9.17, 15) is 0 Å². The molecule has 106 valence electrons. The van der Waals surface area contributed by atoms with Gasteiger partial charge in [0, 0.05) is 0 Å². The van der Waals surface area contributed by atoms with Crippen LogP contribution in [0.25, 0.3) is 0 Å². The third kappa shape index (κ3) is 3.38. The Morgan fingerprint density at radius 1 is 1.05 bits per heavy atom. The summed E-state index contributed by atoms with van der Waals surface area (Å²) in [7, 11) is 0. The standard InChI is InChI=1S/C15H14Cl3NO/c1-8(2)10-5-4-9(3)6-13(10)20-15-12(17)7-11(16)14(18)19-15/h4-8H,1-3H3. The number of rotatable bonds is 3. The van der Waals surface area contributed by atoms with E-state index in [2.05, 4.69) is 18.8 Å². The number of nitrogens with zero attached hydrogens (tertiary/aromatic N) is 1. The van der Waals surface area contributed by atoms with Gasteiger partial charge in [-0.2, -0.15) is 4.98 Å². The van der Waals surface area contributed by atoms with Crippen LogP contribution >= 0.6 is 34.8 Å². The molecule has 2 aromatic rings. The van der Waals surface area contributed by atoms with E-state index in [0.29, 0.717) is 16.0 Å². The maximum Gasteiger partial charge on any atom is 0.239 e. The lowest BCUT2D eigenvalue weighted by Gasteiger charge is -2.15. The Kier molecular flexibility index (Phi) is 4.79. The summed E-state index contributed by atoms with van der Waals surface area (Å²) in [6, 6.07) is 7.57. The van der Waals surface area contributed by atoms with E-state index in [1.165, 1.54) is 6.07 Å². The molecular weight excluding hydrogens is 317 g/mol. The highest BCUT2D eigenvalue weighted by atomic mass is 35.5. The molecule has 0 saturated heterocycles. The first-order valence-electron chi connectivity index (χ1n) is 6.18. The van der Waals surface area contributed by atoms with Crippen molar-refractivity contribution in [2.24, 2.45) is 0 Å². The highest BCUT2D eigenvalue weighted by Crippen LogP contribution is 2.36. The van der Waals surface area contributed by atoms with Crippen molar-refractivity contribution < 1.29 is 4.74 Å². The van der Waals surface area contributed by atoms with Crippen molar-refractivity contribution in [2.45, 2.75) is 26.7 Å². The average molecular weight is 331 g/mol. The van der Waals surface area contributed by atoms with Crippen LogP contribution in [-0.4, -0.2) is 4.98 Å². The normalized spacial score (nSPS) is 10.9. The second kappa shape index (κ2) is 6.21. The van der Waals surface area contributed by atoms with Gasteiger partial charge in [-0.1, -0.05) is 60.8 Å². The fraction of sp³-hybridized carbons (Fsp3) is 0.267. The molecule has 0 aliphatic rings. The summed E-state index contributed by atoms with van der Waals surface area (Å²) >= 11 is 17.9. The van der Waals surface area contributed by atoms with Gasteiger partial charge in [0.05, 0.1) is 5.02 Å². The van der Waals surface area contributed by atoms with E-state index >= 15 is 0 Å². The Hall–Kier alpha value is -0.960. The maximum atomic E-state index is 6.09. The zero-order valence-corrected chi connectivity index (χ0v) is 13.6. The fourth-order valence-corrected chi connectivity index (χ4v) is 2.34. The van der Waals surface area contributed by atoms with Gasteiger partial charge in [-0.05, 0) is 36.1 Å². The molecule has 20 heavy (non-hydrogen) atoms. The van der Waals surface area contributed by atoms with Crippen molar-refractivity contribution in [2.75, 3.05) is 0 Å². The van der Waals surface area contributed by atoms with Gasteiger partial charge in [0.1, 0.15) is 10.8 Å². The molecule has 0 fully saturated rings. The molecule has 0 aliphatic carbocycles. The van der Waals surface area contributed by atoms with Crippen LogP contribution in [-0.2, 0) is 0 Å². The van der Waals surface area contributed by atoms with Gasteiger partial charge in [0.15, 0.2) is 5.15 Å². The van der Waals surface area contributed by atoms with Crippen LogP contribution < -0.4 is 4.74 Å². The number of aromatic nitrogens is 1. The van der Waals surface area contributed by atoms with Crippen LogP contribution in [0.4, 0.5) is 0 Å². The van der Waals surface area contributed by atoms with Gasteiger partial charge in [-0.15, -0.1) is 0 Å². The lowest BCUT2D eigenvalue weighted by Crippen LogP contribution is -1.97. The van der Waals surface area contributed by atoms with Crippen molar-refractivity contribution in [1.29, 1.82) is 0 Å². The van der Waals surface area contributed by atoms with E-state index in [4.69, 9.17) is 39.5 Å². The third-order valence-corrected chi connectivity index (χ3v) is 3.80. The quantitative estimate of drug-likeness (QED) is 0.619. The Morgan fingerprint density at radius 2 is 1.75 bits per heavy atom. The number of aryl methyl sites for hydroxylation is 1. The largest absolute Gasteiger partial charge is 0.437 e. The molecule has 5 heteroatoms. The van der Waals surface area contributed by atoms with Gasteiger partial charge in [0.25, 0.3) is 0 Å². The van der Waals surface area contributed by atoms with Crippen LogP contribution in [0.3, 0.4) is 0 Å². The molecular formula is C15H14Cl3NO. The van der Waals surface area contributed by atoms with Crippen LogP contribution in [0, 0.1) is 6.92 Å². The van der Waals surface area contributed by atoms with Crippen LogP contribution in [0.5, 0.6) is 11.6 Å². The number of hydrogen-bond acceptors (Lipinski definition) is 2. The first kappa shape index (κ1) is 15.4. The molecule has 0 N–H and O–H groups in total. The predicted octanol–water partition coefficient (Wildman–Crippen LogP) is 6.27. The molecule has 0 bridgehead atoms. The summed E-state index contributed by atoms with van der Waals surface area (Å²) in [6.45, 7) is 6.20. The summed E-state index contributed by atoms with van der Waals surface area (Å²) < 4.78 is 5.83. The monoisotopic (exact) mass is 329 g/mol. The predicted molar refractivity (Wildman–Crippen MR) is 84.6 cm³/mol. The molecule has 0 unspecified atom stereocenters. The molecule has 0 aliphatic heterocycles. The maximum absolute atomic E-state index is 6.09. The molecule has 0 radical (unpaired) electrons. The zero-order chi connectivity index (χ0) is 14.9. The van der Waals surface area contributed by atoms with E-state index in [-0.39, 0.29) is 11.0 Å². The Morgan fingerprint density at radius 3 is 2.40 bits per heavy atom. The molecule has 0 atom stereocenters. The average Bonchev–Trinajstić information content (AvgIpc) is 2.35. The third-order valence-electron chi connectivity index (χ3n) is 2.85. The first-order chi connectivity index (χ1) is 9.38. The van der Waals surface area contributed by atoms with Crippen molar-refractivity contribution in [3.05, 3.63) is 50.6 Å². The molecule has 0 spiro atoms. The van der Waals surface area contributed by atoms with Gasteiger partial charge in [0.2, 0.25) is 5.88 Å². The minimum atomic E-state index is 0.171. The number of halogens is 3. The van der Waals surface area contributed by atoms with E-state index in [0.717, 1.165) is 16.9 Å². The van der Waals surface area contributed by atoms with Crippen LogP contribution in [0.2, 0.25) is 15.2 Å².